The highest BCUT2D eigenvalue weighted by molar-refractivity contribution is 7.80. The van der Waals surface area contributed by atoms with Crippen LogP contribution < -0.4 is 24.8 Å². The van der Waals surface area contributed by atoms with E-state index in [0.717, 1.165) is 30.0 Å². The van der Waals surface area contributed by atoms with E-state index in [0.29, 0.717) is 31.1 Å². The number of hydrogen-bond donors (Lipinski definition) is 2. The summed E-state index contributed by atoms with van der Waals surface area (Å²) in [6.45, 7) is 3.43. The fraction of sp³-hybridized carbons (Fsp3) is 0.231. The third-order valence-electron chi connectivity index (χ3n) is 4.57. The van der Waals surface area contributed by atoms with E-state index in [9.17, 15) is 4.79 Å². The molecule has 0 unspecified atom stereocenters. The molecule has 1 amide bonds. The number of anilines is 1. The number of unbranched alkanes of at least 4 members (excludes halogenated alkanes) is 1. The van der Waals surface area contributed by atoms with E-state index in [1.807, 2.05) is 60.7 Å². The molecule has 0 aromatic heterocycles. The van der Waals surface area contributed by atoms with E-state index in [2.05, 4.69) is 17.6 Å². The maximum Gasteiger partial charge on any atom is 0.261 e. The van der Waals surface area contributed by atoms with Gasteiger partial charge in [-0.05, 0) is 55.0 Å². The summed E-state index contributed by atoms with van der Waals surface area (Å²) in [5.74, 6) is 1.62. The Bertz CT molecular complexity index is 1040. The normalized spacial score (nSPS) is 10.2. The SMILES string of the molecule is CCCCOc1cccc(NC(=S)NC(=O)c2ccccc2OCCOc2ccccc2)c1. The van der Waals surface area contributed by atoms with Crippen LogP contribution in [-0.2, 0) is 0 Å². The standard InChI is InChI=1S/C26H28N2O4S/c1-2-3-16-30-22-13-9-10-20(19-22)27-26(33)28-25(29)23-14-7-8-15-24(23)32-18-17-31-21-11-5-4-6-12-21/h4-15,19H,2-3,16-18H2,1H3,(H2,27,28,29,33). The van der Waals surface area contributed by atoms with Gasteiger partial charge in [0.05, 0.1) is 12.2 Å². The Labute approximate surface area is 199 Å². The second-order valence-corrected chi connectivity index (χ2v) is 7.55. The van der Waals surface area contributed by atoms with Crippen molar-refractivity contribution in [2.24, 2.45) is 0 Å². The van der Waals surface area contributed by atoms with Crippen LogP contribution in [0.1, 0.15) is 30.1 Å². The van der Waals surface area contributed by atoms with Crippen LogP contribution in [0.4, 0.5) is 5.69 Å². The van der Waals surface area contributed by atoms with Crippen molar-refractivity contribution in [2.45, 2.75) is 19.8 Å². The number of thiocarbonyl (C=S) groups is 1. The van der Waals surface area contributed by atoms with Crippen LogP contribution in [0.3, 0.4) is 0 Å². The lowest BCUT2D eigenvalue weighted by atomic mass is 10.2. The predicted octanol–water partition coefficient (Wildman–Crippen LogP) is 5.45. The van der Waals surface area contributed by atoms with Crippen LogP contribution in [0.2, 0.25) is 0 Å². The first-order valence-corrected chi connectivity index (χ1v) is 11.3. The number of rotatable bonds is 11. The Morgan fingerprint density at radius 3 is 2.33 bits per heavy atom. The maximum absolute atomic E-state index is 12.8. The van der Waals surface area contributed by atoms with E-state index in [-0.39, 0.29) is 11.0 Å². The Morgan fingerprint density at radius 2 is 1.52 bits per heavy atom. The van der Waals surface area contributed by atoms with Crippen LogP contribution in [0.5, 0.6) is 17.2 Å². The first-order chi connectivity index (χ1) is 16.2. The van der Waals surface area contributed by atoms with E-state index >= 15 is 0 Å². The van der Waals surface area contributed by atoms with Gasteiger partial charge in [-0.2, -0.15) is 0 Å². The molecule has 0 bridgehead atoms. The molecule has 0 aliphatic carbocycles. The van der Waals surface area contributed by atoms with Crippen LogP contribution >= 0.6 is 12.2 Å². The summed E-state index contributed by atoms with van der Waals surface area (Å²) >= 11 is 5.32. The van der Waals surface area contributed by atoms with Gasteiger partial charge in [0.25, 0.3) is 5.91 Å². The molecule has 33 heavy (non-hydrogen) atoms. The van der Waals surface area contributed by atoms with Gasteiger partial charge in [-0.25, -0.2) is 0 Å². The van der Waals surface area contributed by atoms with Crippen LogP contribution in [0.15, 0.2) is 78.9 Å². The Hall–Kier alpha value is -3.58. The predicted molar refractivity (Wildman–Crippen MR) is 134 cm³/mol. The quantitative estimate of drug-likeness (QED) is 0.291. The zero-order valence-electron chi connectivity index (χ0n) is 18.6. The van der Waals surface area contributed by atoms with Crippen molar-refractivity contribution in [2.75, 3.05) is 25.1 Å². The lowest BCUT2D eigenvalue weighted by Crippen LogP contribution is -2.34. The van der Waals surface area contributed by atoms with Gasteiger partial charge in [0.2, 0.25) is 0 Å². The van der Waals surface area contributed by atoms with Gasteiger partial charge in [0.1, 0.15) is 30.5 Å². The second kappa shape index (κ2) is 13.1. The van der Waals surface area contributed by atoms with Gasteiger partial charge in [-0.3, -0.25) is 10.1 Å². The first-order valence-electron chi connectivity index (χ1n) is 10.9. The Kier molecular flexibility index (Phi) is 9.54. The highest BCUT2D eigenvalue weighted by Crippen LogP contribution is 2.19. The summed E-state index contributed by atoms with van der Waals surface area (Å²) in [5.41, 5.74) is 1.12. The fourth-order valence-corrected chi connectivity index (χ4v) is 3.15. The smallest absolute Gasteiger partial charge is 0.261 e. The number of carbonyl (C=O) groups excluding carboxylic acids is 1. The molecule has 0 saturated heterocycles. The zero-order chi connectivity index (χ0) is 23.3. The largest absolute Gasteiger partial charge is 0.494 e. The topological polar surface area (TPSA) is 68.8 Å². The number of hydrogen-bond acceptors (Lipinski definition) is 5. The number of para-hydroxylation sites is 2. The molecular formula is C26H28N2O4S. The molecule has 0 radical (unpaired) electrons. The van der Waals surface area contributed by atoms with Crippen LogP contribution in [0, 0.1) is 0 Å². The van der Waals surface area contributed by atoms with Gasteiger partial charge >= 0.3 is 0 Å². The third kappa shape index (κ3) is 8.12. The summed E-state index contributed by atoms with van der Waals surface area (Å²) in [6, 6.07) is 24.0. The lowest BCUT2D eigenvalue weighted by molar-refractivity contribution is 0.0972. The van der Waals surface area contributed by atoms with Gasteiger partial charge in [0, 0.05) is 11.8 Å². The summed E-state index contributed by atoms with van der Waals surface area (Å²) < 4.78 is 17.1. The summed E-state index contributed by atoms with van der Waals surface area (Å²) in [4.78, 5) is 12.8. The van der Waals surface area contributed by atoms with Crippen molar-refractivity contribution < 1.29 is 19.0 Å². The van der Waals surface area contributed by atoms with Crippen molar-refractivity contribution in [1.82, 2.24) is 5.32 Å². The summed E-state index contributed by atoms with van der Waals surface area (Å²) in [5, 5.41) is 5.91. The van der Waals surface area contributed by atoms with E-state index in [1.165, 1.54) is 0 Å². The fourth-order valence-electron chi connectivity index (χ4n) is 2.94. The molecule has 0 heterocycles. The molecule has 0 aliphatic rings. The molecule has 7 heteroatoms. The van der Waals surface area contributed by atoms with Crippen molar-refractivity contribution in [1.29, 1.82) is 0 Å². The van der Waals surface area contributed by atoms with E-state index in [1.54, 1.807) is 18.2 Å². The van der Waals surface area contributed by atoms with Gasteiger partial charge < -0.3 is 19.5 Å². The molecule has 2 N–H and O–H groups in total. The number of carbonyl (C=O) groups is 1. The average Bonchev–Trinajstić information content (AvgIpc) is 2.83. The number of benzene rings is 3. The molecule has 0 saturated carbocycles. The molecule has 3 rings (SSSR count). The van der Waals surface area contributed by atoms with Crippen LogP contribution in [-0.4, -0.2) is 30.8 Å². The number of amides is 1. The van der Waals surface area contributed by atoms with Crippen molar-refractivity contribution >= 4 is 28.9 Å². The first kappa shape index (κ1) is 24.1. The third-order valence-corrected chi connectivity index (χ3v) is 4.77. The molecule has 0 spiro atoms. The Balaban J connectivity index is 1.51. The number of nitrogens with one attached hydrogen (secondary N) is 2. The molecule has 0 aliphatic heterocycles. The number of ether oxygens (including phenoxy) is 3. The molecule has 3 aromatic rings. The monoisotopic (exact) mass is 464 g/mol. The van der Waals surface area contributed by atoms with Crippen LogP contribution in [0.25, 0.3) is 0 Å². The minimum Gasteiger partial charge on any atom is -0.494 e. The molecule has 3 aromatic carbocycles. The molecule has 172 valence electrons. The van der Waals surface area contributed by atoms with Gasteiger partial charge in [-0.15, -0.1) is 0 Å². The lowest BCUT2D eigenvalue weighted by Gasteiger charge is -2.14. The minimum absolute atomic E-state index is 0.188. The van der Waals surface area contributed by atoms with Crippen molar-refractivity contribution in [3.8, 4) is 17.2 Å². The average molecular weight is 465 g/mol. The highest BCUT2D eigenvalue weighted by atomic mass is 32.1. The van der Waals surface area contributed by atoms with E-state index < -0.39 is 0 Å². The highest BCUT2D eigenvalue weighted by Gasteiger charge is 2.14. The molecule has 0 atom stereocenters. The maximum atomic E-state index is 12.8. The van der Waals surface area contributed by atoms with Crippen molar-refractivity contribution in [3.05, 3.63) is 84.4 Å². The minimum atomic E-state index is -0.359. The Morgan fingerprint density at radius 1 is 0.818 bits per heavy atom. The van der Waals surface area contributed by atoms with Gasteiger partial charge in [0.15, 0.2) is 5.11 Å². The molecule has 0 fully saturated rings. The zero-order valence-corrected chi connectivity index (χ0v) is 19.4. The molecule has 6 nitrogen and oxygen atoms in total. The summed E-state index contributed by atoms with van der Waals surface area (Å²) in [7, 11) is 0. The van der Waals surface area contributed by atoms with E-state index in [4.69, 9.17) is 26.4 Å². The second-order valence-electron chi connectivity index (χ2n) is 7.14. The van der Waals surface area contributed by atoms with Gasteiger partial charge in [-0.1, -0.05) is 49.7 Å². The molecular weight excluding hydrogens is 436 g/mol. The summed E-state index contributed by atoms with van der Waals surface area (Å²) in [6.07, 6.45) is 2.06. The van der Waals surface area contributed by atoms with Crippen molar-refractivity contribution in [3.63, 3.8) is 0 Å².